The summed E-state index contributed by atoms with van der Waals surface area (Å²) in [5, 5.41) is 2.79. The van der Waals surface area contributed by atoms with Crippen molar-refractivity contribution in [3.05, 3.63) is 53.3 Å². The monoisotopic (exact) mass is 325 g/mol. The third-order valence-corrected chi connectivity index (χ3v) is 3.22. The third kappa shape index (κ3) is 4.44. The quantitative estimate of drug-likeness (QED) is 0.845. The number of carbonyl (C=O) groups is 1. The molecule has 0 saturated heterocycles. The molecule has 0 radical (unpaired) electrons. The zero-order valence-electron chi connectivity index (χ0n) is 11.0. The van der Waals surface area contributed by atoms with Gasteiger partial charge < -0.3 is 5.32 Å². The SMILES string of the molecule is CS(=O)(=O)Nc1ccccc1NC(=O)c1cccc(Cl)n1. The van der Waals surface area contributed by atoms with Crippen molar-refractivity contribution < 1.29 is 13.2 Å². The van der Waals surface area contributed by atoms with Crippen LogP contribution >= 0.6 is 11.6 Å². The van der Waals surface area contributed by atoms with E-state index in [1.807, 2.05) is 0 Å². The van der Waals surface area contributed by atoms with Gasteiger partial charge in [0.25, 0.3) is 5.91 Å². The minimum atomic E-state index is -3.44. The Bertz CT molecular complexity index is 778. The Morgan fingerprint density at radius 3 is 2.38 bits per heavy atom. The number of sulfonamides is 1. The van der Waals surface area contributed by atoms with E-state index >= 15 is 0 Å². The first-order chi connectivity index (χ1) is 9.85. The van der Waals surface area contributed by atoms with Crippen molar-refractivity contribution in [1.82, 2.24) is 4.98 Å². The molecule has 0 aliphatic carbocycles. The van der Waals surface area contributed by atoms with E-state index in [0.717, 1.165) is 6.26 Å². The van der Waals surface area contributed by atoms with Crippen molar-refractivity contribution in [2.45, 2.75) is 0 Å². The predicted octanol–water partition coefficient (Wildman–Crippen LogP) is 2.36. The fraction of sp³-hybridized carbons (Fsp3) is 0.0769. The van der Waals surface area contributed by atoms with Gasteiger partial charge in [-0.1, -0.05) is 29.8 Å². The van der Waals surface area contributed by atoms with Crippen molar-refractivity contribution in [1.29, 1.82) is 0 Å². The second-order valence-corrected chi connectivity index (χ2v) is 6.36. The van der Waals surface area contributed by atoms with Crippen molar-refractivity contribution >= 4 is 38.9 Å². The number of amides is 1. The molecule has 1 heterocycles. The van der Waals surface area contributed by atoms with Gasteiger partial charge in [-0.15, -0.1) is 0 Å². The fourth-order valence-electron chi connectivity index (χ4n) is 1.60. The molecule has 0 saturated carbocycles. The normalized spacial score (nSPS) is 11.0. The van der Waals surface area contributed by atoms with Crippen molar-refractivity contribution in [2.24, 2.45) is 0 Å². The van der Waals surface area contributed by atoms with Gasteiger partial charge in [0.05, 0.1) is 17.6 Å². The van der Waals surface area contributed by atoms with Crippen LogP contribution in [0.5, 0.6) is 0 Å². The van der Waals surface area contributed by atoms with Crippen LogP contribution in [0.25, 0.3) is 0 Å². The fourth-order valence-corrected chi connectivity index (χ4v) is 2.34. The summed E-state index contributed by atoms with van der Waals surface area (Å²) in [6.45, 7) is 0. The smallest absolute Gasteiger partial charge is 0.274 e. The first-order valence-corrected chi connectivity index (χ1v) is 8.13. The Hall–Kier alpha value is -2.12. The molecule has 6 nitrogen and oxygen atoms in total. The molecule has 2 rings (SSSR count). The molecule has 0 unspecified atom stereocenters. The molecule has 110 valence electrons. The largest absolute Gasteiger partial charge is 0.319 e. The van der Waals surface area contributed by atoms with Crippen LogP contribution in [0.3, 0.4) is 0 Å². The third-order valence-electron chi connectivity index (χ3n) is 2.42. The average Bonchev–Trinajstić information content (AvgIpc) is 2.39. The Kier molecular flexibility index (Phi) is 4.44. The number of rotatable bonds is 4. The molecule has 21 heavy (non-hydrogen) atoms. The molecule has 1 amide bonds. The number of carbonyl (C=O) groups excluding carboxylic acids is 1. The molecule has 8 heteroatoms. The zero-order chi connectivity index (χ0) is 15.5. The maximum Gasteiger partial charge on any atom is 0.274 e. The number of anilines is 2. The standard InChI is InChI=1S/C13H12ClN3O3S/c1-21(19,20)17-10-6-3-2-5-9(10)16-13(18)11-7-4-8-12(14)15-11/h2-8,17H,1H3,(H,16,18). The summed E-state index contributed by atoms with van der Waals surface area (Å²) in [6, 6.07) is 11.1. The molecule has 0 aliphatic heterocycles. The van der Waals surface area contributed by atoms with Gasteiger partial charge in [-0.3, -0.25) is 9.52 Å². The maximum atomic E-state index is 12.1. The summed E-state index contributed by atoms with van der Waals surface area (Å²) < 4.78 is 24.9. The molecule has 2 N–H and O–H groups in total. The number of halogens is 1. The van der Waals surface area contributed by atoms with Crippen molar-refractivity contribution in [2.75, 3.05) is 16.3 Å². The molecule has 0 spiro atoms. The number of hydrogen-bond donors (Lipinski definition) is 2. The first kappa shape index (κ1) is 15.3. The van der Waals surface area contributed by atoms with E-state index in [1.54, 1.807) is 36.4 Å². The lowest BCUT2D eigenvalue weighted by Crippen LogP contribution is -2.16. The van der Waals surface area contributed by atoms with E-state index in [4.69, 9.17) is 11.6 Å². The van der Waals surface area contributed by atoms with Crippen LogP contribution in [0.1, 0.15) is 10.5 Å². The molecule has 0 fully saturated rings. The number of aromatic nitrogens is 1. The maximum absolute atomic E-state index is 12.1. The van der Waals surface area contributed by atoms with Crippen LogP contribution in [0, 0.1) is 0 Å². The zero-order valence-corrected chi connectivity index (χ0v) is 12.6. The summed E-state index contributed by atoms with van der Waals surface area (Å²) >= 11 is 5.73. The van der Waals surface area contributed by atoms with Crippen LogP contribution in [-0.2, 0) is 10.0 Å². The van der Waals surface area contributed by atoms with Crippen LogP contribution in [0.2, 0.25) is 5.15 Å². The lowest BCUT2D eigenvalue weighted by Gasteiger charge is -2.11. The highest BCUT2D eigenvalue weighted by Crippen LogP contribution is 2.22. The van der Waals surface area contributed by atoms with E-state index < -0.39 is 15.9 Å². The first-order valence-electron chi connectivity index (χ1n) is 5.86. The highest BCUT2D eigenvalue weighted by molar-refractivity contribution is 7.92. The topological polar surface area (TPSA) is 88.2 Å². The van der Waals surface area contributed by atoms with Gasteiger partial charge in [-0.25, -0.2) is 13.4 Å². The Labute approximate surface area is 127 Å². The van der Waals surface area contributed by atoms with E-state index in [2.05, 4.69) is 15.0 Å². The number of benzene rings is 1. The number of nitrogens with zero attached hydrogens (tertiary/aromatic N) is 1. The Balaban J connectivity index is 2.26. The summed E-state index contributed by atoms with van der Waals surface area (Å²) in [5.41, 5.74) is 0.738. The van der Waals surface area contributed by atoms with Crippen LogP contribution < -0.4 is 10.0 Å². The summed E-state index contributed by atoms with van der Waals surface area (Å²) in [5.74, 6) is -0.486. The van der Waals surface area contributed by atoms with Crippen LogP contribution in [0.4, 0.5) is 11.4 Å². The van der Waals surface area contributed by atoms with Gasteiger partial charge in [0.2, 0.25) is 10.0 Å². The molecular formula is C13H12ClN3O3S. The van der Waals surface area contributed by atoms with Gasteiger partial charge in [-0.05, 0) is 24.3 Å². The second-order valence-electron chi connectivity index (χ2n) is 4.22. The Morgan fingerprint density at radius 2 is 1.76 bits per heavy atom. The number of para-hydroxylation sites is 2. The van der Waals surface area contributed by atoms with Gasteiger partial charge in [0.15, 0.2) is 0 Å². The molecule has 0 aliphatic rings. The highest BCUT2D eigenvalue weighted by Gasteiger charge is 2.12. The molecule has 1 aromatic carbocycles. The molecule has 1 aromatic heterocycles. The van der Waals surface area contributed by atoms with Crippen molar-refractivity contribution in [3.63, 3.8) is 0 Å². The summed E-state index contributed by atoms with van der Waals surface area (Å²) in [4.78, 5) is 16.0. The number of pyridine rings is 1. The van der Waals surface area contributed by atoms with E-state index in [9.17, 15) is 13.2 Å². The highest BCUT2D eigenvalue weighted by atomic mass is 35.5. The van der Waals surface area contributed by atoms with Gasteiger partial charge in [-0.2, -0.15) is 0 Å². The second kappa shape index (κ2) is 6.11. The van der Waals surface area contributed by atoms with Crippen LogP contribution in [0.15, 0.2) is 42.5 Å². The van der Waals surface area contributed by atoms with Crippen molar-refractivity contribution in [3.8, 4) is 0 Å². The van der Waals surface area contributed by atoms with Gasteiger partial charge >= 0.3 is 0 Å². The van der Waals surface area contributed by atoms with E-state index in [1.165, 1.54) is 6.07 Å². The summed E-state index contributed by atoms with van der Waals surface area (Å²) in [7, 11) is -3.44. The molecule has 2 aromatic rings. The lowest BCUT2D eigenvalue weighted by molar-refractivity contribution is 0.102. The van der Waals surface area contributed by atoms with E-state index in [0.29, 0.717) is 5.69 Å². The minimum Gasteiger partial charge on any atom is -0.319 e. The molecule has 0 bridgehead atoms. The summed E-state index contributed by atoms with van der Waals surface area (Å²) in [6.07, 6.45) is 1.03. The minimum absolute atomic E-state index is 0.136. The van der Waals surface area contributed by atoms with E-state index in [-0.39, 0.29) is 16.5 Å². The lowest BCUT2D eigenvalue weighted by atomic mass is 10.2. The number of nitrogens with one attached hydrogen (secondary N) is 2. The van der Waals surface area contributed by atoms with Gasteiger partial charge in [0, 0.05) is 0 Å². The van der Waals surface area contributed by atoms with Gasteiger partial charge in [0.1, 0.15) is 10.8 Å². The average molecular weight is 326 g/mol. The Morgan fingerprint density at radius 1 is 1.10 bits per heavy atom. The van der Waals surface area contributed by atoms with Crippen LogP contribution in [-0.4, -0.2) is 25.6 Å². The molecular weight excluding hydrogens is 314 g/mol. The number of hydrogen-bond acceptors (Lipinski definition) is 4. The molecule has 0 atom stereocenters. The predicted molar refractivity (Wildman–Crippen MR) is 82.1 cm³/mol.